The van der Waals surface area contributed by atoms with E-state index in [1.165, 1.54) is 37.9 Å². The van der Waals surface area contributed by atoms with Gasteiger partial charge in [-0.2, -0.15) is 0 Å². The predicted molar refractivity (Wildman–Crippen MR) is 63.1 cm³/mol. The molecule has 3 heteroatoms. The van der Waals surface area contributed by atoms with E-state index in [1.54, 1.807) is 6.26 Å². The molecular formula is C13H20N2O. The van der Waals surface area contributed by atoms with Gasteiger partial charge in [0.1, 0.15) is 0 Å². The summed E-state index contributed by atoms with van der Waals surface area (Å²) in [4.78, 5) is 2.66. The SMILES string of the molecule is c1cc(CNCCN2CC3CCC2C3)co1. The molecule has 3 rings (SSSR count). The van der Waals surface area contributed by atoms with Crippen molar-refractivity contribution in [1.29, 1.82) is 0 Å². The van der Waals surface area contributed by atoms with Crippen molar-refractivity contribution in [3.05, 3.63) is 24.2 Å². The highest BCUT2D eigenvalue weighted by molar-refractivity contribution is 5.04. The molecule has 2 atom stereocenters. The topological polar surface area (TPSA) is 28.4 Å². The fraction of sp³-hybridized carbons (Fsp3) is 0.692. The highest BCUT2D eigenvalue weighted by Crippen LogP contribution is 2.36. The van der Waals surface area contributed by atoms with Crippen molar-refractivity contribution in [1.82, 2.24) is 10.2 Å². The average Bonchev–Trinajstić information content (AvgIpc) is 3.01. The zero-order valence-corrected chi connectivity index (χ0v) is 9.69. The molecule has 0 aromatic carbocycles. The summed E-state index contributed by atoms with van der Waals surface area (Å²) in [6.45, 7) is 4.57. The molecule has 2 bridgehead atoms. The summed E-state index contributed by atoms with van der Waals surface area (Å²) in [5, 5.41) is 3.47. The molecule has 1 aromatic rings. The van der Waals surface area contributed by atoms with E-state index in [2.05, 4.69) is 10.2 Å². The predicted octanol–water partition coefficient (Wildman–Crippen LogP) is 1.85. The average molecular weight is 220 g/mol. The molecule has 3 nitrogen and oxygen atoms in total. The third-order valence-electron chi connectivity index (χ3n) is 4.01. The third kappa shape index (κ3) is 2.15. The van der Waals surface area contributed by atoms with Crippen LogP contribution < -0.4 is 5.32 Å². The first kappa shape index (κ1) is 10.4. The van der Waals surface area contributed by atoms with Crippen LogP contribution >= 0.6 is 0 Å². The molecule has 1 aromatic heterocycles. The number of likely N-dealkylation sites (tertiary alicyclic amines) is 1. The first-order valence-corrected chi connectivity index (χ1v) is 6.37. The van der Waals surface area contributed by atoms with Crippen LogP contribution in [0.3, 0.4) is 0 Å². The molecule has 1 aliphatic carbocycles. The first-order chi connectivity index (χ1) is 7.92. The molecule has 1 aliphatic heterocycles. The minimum atomic E-state index is 0.903. The minimum absolute atomic E-state index is 0.903. The zero-order chi connectivity index (χ0) is 10.8. The van der Waals surface area contributed by atoms with E-state index in [0.717, 1.165) is 25.0 Å². The van der Waals surface area contributed by atoms with Crippen molar-refractivity contribution in [3.63, 3.8) is 0 Å². The van der Waals surface area contributed by atoms with Crippen molar-refractivity contribution in [2.75, 3.05) is 19.6 Å². The van der Waals surface area contributed by atoms with Gasteiger partial charge in [-0.3, -0.25) is 4.90 Å². The van der Waals surface area contributed by atoms with E-state index in [0.29, 0.717) is 0 Å². The lowest BCUT2D eigenvalue weighted by molar-refractivity contribution is 0.214. The number of nitrogens with one attached hydrogen (secondary N) is 1. The Morgan fingerprint density at radius 3 is 3.12 bits per heavy atom. The maximum absolute atomic E-state index is 5.03. The fourth-order valence-electron chi connectivity index (χ4n) is 3.15. The molecule has 0 amide bonds. The van der Waals surface area contributed by atoms with E-state index in [4.69, 9.17) is 4.42 Å². The monoisotopic (exact) mass is 220 g/mol. The molecule has 2 aliphatic rings. The smallest absolute Gasteiger partial charge is 0.0947 e. The van der Waals surface area contributed by atoms with Crippen molar-refractivity contribution in [2.24, 2.45) is 5.92 Å². The number of rotatable bonds is 5. The van der Waals surface area contributed by atoms with Crippen LogP contribution in [-0.4, -0.2) is 30.6 Å². The molecule has 2 fully saturated rings. The number of hydrogen-bond donors (Lipinski definition) is 1. The van der Waals surface area contributed by atoms with E-state index < -0.39 is 0 Å². The zero-order valence-electron chi connectivity index (χ0n) is 9.69. The van der Waals surface area contributed by atoms with Gasteiger partial charge in [0, 0.05) is 37.8 Å². The van der Waals surface area contributed by atoms with Crippen LogP contribution in [0, 0.1) is 5.92 Å². The first-order valence-electron chi connectivity index (χ1n) is 6.37. The molecular weight excluding hydrogens is 200 g/mol. The molecule has 0 radical (unpaired) electrons. The quantitative estimate of drug-likeness (QED) is 0.768. The van der Waals surface area contributed by atoms with Gasteiger partial charge in [0.05, 0.1) is 12.5 Å². The molecule has 2 heterocycles. The molecule has 16 heavy (non-hydrogen) atoms. The number of piperidine rings is 1. The minimum Gasteiger partial charge on any atom is -0.472 e. The van der Waals surface area contributed by atoms with Crippen LogP contribution in [0.2, 0.25) is 0 Å². The van der Waals surface area contributed by atoms with E-state index >= 15 is 0 Å². The lowest BCUT2D eigenvalue weighted by Gasteiger charge is -2.26. The Morgan fingerprint density at radius 1 is 1.44 bits per heavy atom. The van der Waals surface area contributed by atoms with Crippen molar-refractivity contribution >= 4 is 0 Å². The van der Waals surface area contributed by atoms with Gasteiger partial charge in [0.2, 0.25) is 0 Å². The normalized spacial score (nSPS) is 29.0. The lowest BCUT2D eigenvalue weighted by Crippen LogP contribution is -2.37. The Labute approximate surface area is 96.8 Å². The summed E-state index contributed by atoms with van der Waals surface area (Å²) in [5.74, 6) is 1.01. The molecule has 2 unspecified atom stereocenters. The maximum atomic E-state index is 5.03. The number of furan rings is 1. The molecule has 0 spiro atoms. The third-order valence-corrected chi connectivity index (χ3v) is 4.01. The van der Waals surface area contributed by atoms with Crippen molar-refractivity contribution in [3.8, 4) is 0 Å². The summed E-state index contributed by atoms with van der Waals surface area (Å²) in [5.41, 5.74) is 1.24. The summed E-state index contributed by atoms with van der Waals surface area (Å²) in [7, 11) is 0. The Hall–Kier alpha value is -0.800. The van der Waals surface area contributed by atoms with Gasteiger partial charge in [-0.05, 0) is 31.2 Å². The maximum Gasteiger partial charge on any atom is 0.0947 e. The van der Waals surface area contributed by atoms with Crippen molar-refractivity contribution in [2.45, 2.75) is 31.8 Å². The van der Waals surface area contributed by atoms with E-state index in [-0.39, 0.29) is 0 Å². The summed E-state index contributed by atoms with van der Waals surface area (Å²) in [6.07, 6.45) is 7.92. The highest BCUT2D eigenvalue weighted by Gasteiger charge is 2.36. The summed E-state index contributed by atoms with van der Waals surface area (Å²) < 4.78 is 5.03. The second kappa shape index (κ2) is 4.60. The van der Waals surface area contributed by atoms with Crippen LogP contribution in [-0.2, 0) is 6.54 Å². The Kier molecular flexibility index (Phi) is 2.98. The standard InChI is InChI=1S/C13H20N2O/c1-2-13-7-11(1)9-15(13)5-4-14-8-12-3-6-16-10-12/h3,6,10-11,13-14H,1-2,4-5,7-9H2. The molecule has 1 saturated carbocycles. The highest BCUT2D eigenvalue weighted by atomic mass is 16.3. The second-order valence-electron chi connectivity index (χ2n) is 5.14. The molecule has 1 saturated heterocycles. The Balaban J connectivity index is 1.35. The number of fused-ring (bicyclic) bond motifs is 2. The van der Waals surface area contributed by atoms with Gasteiger partial charge < -0.3 is 9.73 Å². The van der Waals surface area contributed by atoms with Crippen LogP contribution in [0.25, 0.3) is 0 Å². The molecule has 88 valence electrons. The van der Waals surface area contributed by atoms with Crippen LogP contribution in [0.15, 0.2) is 23.0 Å². The Bertz CT molecular complexity index is 323. The fourth-order valence-corrected chi connectivity index (χ4v) is 3.15. The number of nitrogens with zero attached hydrogens (tertiary/aromatic N) is 1. The van der Waals surface area contributed by atoms with Gasteiger partial charge >= 0.3 is 0 Å². The summed E-state index contributed by atoms with van der Waals surface area (Å²) >= 11 is 0. The number of hydrogen-bond acceptors (Lipinski definition) is 3. The van der Waals surface area contributed by atoms with E-state index in [9.17, 15) is 0 Å². The van der Waals surface area contributed by atoms with Crippen LogP contribution in [0.5, 0.6) is 0 Å². The van der Waals surface area contributed by atoms with Gasteiger partial charge in [0.25, 0.3) is 0 Å². The molecule has 1 N–H and O–H groups in total. The summed E-state index contributed by atoms with van der Waals surface area (Å²) in [6, 6.07) is 2.92. The van der Waals surface area contributed by atoms with Gasteiger partial charge in [0.15, 0.2) is 0 Å². The van der Waals surface area contributed by atoms with Gasteiger partial charge in [-0.15, -0.1) is 0 Å². The van der Waals surface area contributed by atoms with Gasteiger partial charge in [-0.25, -0.2) is 0 Å². The van der Waals surface area contributed by atoms with Crippen molar-refractivity contribution < 1.29 is 4.42 Å². The lowest BCUT2D eigenvalue weighted by atomic mass is 10.1. The second-order valence-corrected chi connectivity index (χ2v) is 5.14. The van der Waals surface area contributed by atoms with Gasteiger partial charge in [-0.1, -0.05) is 0 Å². The van der Waals surface area contributed by atoms with E-state index in [1.807, 2.05) is 12.3 Å². The van der Waals surface area contributed by atoms with Crippen LogP contribution in [0.1, 0.15) is 24.8 Å². The Morgan fingerprint density at radius 2 is 2.44 bits per heavy atom. The largest absolute Gasteiger partial charge is 0.472 e. The van der Waals surface area contributed by atoms with Crippen LogP contribution in [0.4, 0.5) is 0 Å².